The van der Waals surface area contributed by atoms with E-state index in [0.29, 0.717) is 12.6 Å². The van der Waals surface area contributed by atoms with E-state index in [9.17, 15) is 0 Å². The highest BCUT2D eigenvalue weighted by molar-refractivity contribution is 5.79. The third kappa shape index (κ3) is 3.58. The Kier molecular flexibility index (Phi) is 4.91. The molecule has 0 bridgehead atoms. The summed E-state index contributed by atoms with van der Waals surface area (Å²) in [6, 6.07) is 15.1. The molecule has 7 heteroatoms. The lowest BCUT2D eigenvalue weighted by Gasteiger charge is -2.25. The summed E-state index contributed by atoms with van der Waals surface area (Å²) in [5.41, 5.74) is 3.63. The number of pyridine rings is 1. The average Bonchev–Trinajstić information content (AvgIpc) is 3.25. The molecule has 3 aromatic rings. The first-order valence-corrected chi connectivity index (χ1v) is 9.34. The van der Waals surface area contributed by atoms with Crippen LogP contribution >= 0.6 is 0 Å². The number of guanidine groups is 1. The Morgan fingerprint density at radius 3 is 2.89 bits per heavy atom. The zero-order chi connectivity index (χ0) is 18.6. The summed E-state index contributed by atoms with van der Waals surface area (Å²) in [7, 11) is 1.78. The van der Waals surface area contributed by atoms with Crippen LogP contribution in [0.5, 0.6) is 0 Å². The van der Waals surface area contributed by atoms with Gasteiger partial charge in [-0.25, -0.2) is 0 Å². The van der Waals surface area contributed by atoms with Crippen LogP contribution in [-0.2, 0) is 13.0 Å². The molecular formula is C20H25N7. The molecular weight excluding hydrogens is 338 g/mol. The van der Waals surface area contributed by atoms with E-state index in [1.165, 1.54) is 11.3 Å². The summed E-state index contributed by atoms with van der Waals surface area (Å²) < 4.78 is 1.98. The molecule has 7 nitrogen and oxygen atoms in total. The lowest BCUT2D eigenvalue weighted by molar-refractivity contribution is 0.655. The van der Waals surface area contributed by atoms with E-state index in [0.717, 1.165) is 36.9 Å². The zero-order valence-corrected chi connectivity index (χ0v) is 15.8. The van der Waals surface area contributed by atoms with Crippen molar-refractivity contribution in [3.63, 3.8) is 0 Å². The molecule has 140 valence electrons. The highest BCUT2D eigenvalue weighted by Gasteiger charge is 2.24. The normalized spacial score (nSPS) is 16.6. The molecule has 4 rings (SSSR count). The molecule has 27 heavy (non-hydrogen) atoms. The van der Waals surface area contributed by atoms with Gasteiger partial charge in [0.1, 0.15) is 0 Å². The number of para-hydroxylation sites is 1. The smallest absolute Gasteiger partial charge is 0.191 e. The number of rotatable bonds is 5. The van der Waals surface area contributed by atoms with Gasteiger partial charge in [0.15, 0.2) is 17.4 Å². The van der Waals surface area contributed by atoms with E-state index in [2.05, 4.69) is 61.9 Å². The van der Waals surface area contributed by atoms with Gasteiger partial charge < -0.3 is 15.5 Å². The standard InChI is InChI=1S/C20H25N7/c1-15-13-16-7-3-4-8-17(16)26(15)12-10-22-20(21-2)23-14-19-25-24-18-9-5-6-11-27(18)19/h3-9,11,15H,10,12-14H2,1-2H3,(H2,21,22,23). The number of fused-ring (bicyclic) bond motifs is 2. The molecule has 0 radical (unpaired) electrons. The highest BCUT2D eigenvalue weighted by atomic mass is 15.3. The third-order valence-corrected chi connectivity index (χ3v) is 5.02. The maximum Gasteiger partial charge on any atom is 0.191 e. The van der Waals surface area contributed by atoms with Crippen molar-refractivity contribution in [2.24, 2.45) is 4.99 Å². The molecule has 1 aromatic carbocycles. The number of hydrogen-bond donors (Lipinski definition) is 2. The lowest BCUT2D eigenvalue weighted by atomic mass is 10.1. The van der Waals surface area contributed by atoms with E-state index in [1.54, 1.807) is 7.05 Å². The molecule has 2 aromatic heterocycles. The van der Waals surface area contributed by atoms with Crippen molar-refractivity contribution in [2.45, 2.75) is 25.9 Å². The molecule has 1 unspecified atom stereocenters. The first kappa shape index (κ1) is 17.3. The van der Waals surface area contributed by atoms with Gasteiger partial charge in [0, 0.05) is 38.1 Å². The monoisotopic (exact) mass is 363 g/mol. The van der Waals surface area contributed by atoms with Crippen LogP contribution in [0.4, 0.5) is 5.69 Å². The fraction of sp³-hybridized carbons (Fsp3) is 0.350. The molecule has 0 amide bonds. The molecule has 1 aliphatic rings. The van der Waals surface area contributed by atoms with Gasteiger partial charge in [-0.3, -0.25) is 9.39 Å². The number of anilines is 1. The quantitative estimate of drug-likeness (QED) is 0.535. The van der Waals surface area contributed by atoms with Crippen LogP contribution in [0.3, 0.4) is 0 Å². The van der Waals surface area contributed by atoms with Crippen LogP contribution in [0, 0.1) is 0 Å². The molecule has 0 saturated carbocycles. The van der Waals surface area contributed by atoms with Crippen LogP contribution in [0.1, 0.15) is 18.3 Å². The Hall–Kier alpha value is -3.09. The number of aromatic nitrogens is 3. The van der Waals surface area contributed by atoms with Crippen molar-refractivity contribution in [1.82, 2.24) is 25.2 Å². The van der Waals surface area contributed by atoms with Crippen LogP contribution in [0.25, 0.3) is 5.65 Å². The van der Waals surface area contributed by atoms with E-state index < -0.39 is 0 Å². The van der Waals surface area contributed by atoms with Crippen LogP contribution < -0.4 is 15.5 Å². The van der Waals surface area contributed by atoms with Crippen LogP contribution in [0.2, 0.25) is 0 Å². The van der Waals surface area contributed by atoms with Gasteiger partial charge in [-0.2, -0.15) is 0 Å². The summed E-state index contributed by atoms with van der Waals surface area (Å²) in [5.74, 6) is 1.62. The summed E-state index contributed by atoms with van der Waals surface area (Å²) >= 11 is 0. The average molecular weight is 363 g/mol. The van der Waals surface area contributed by atoms with E-state index in [4.69, 9.17) is 0 Å². The van der Waals surface area contributed by atoms with Crippen molar-refractivity contribution < 1.29 is 0 Å². The van der Waals surface area contributed by atoms with Gasteiger partial charge >= 0.3 is 0 Å². The summed E-state index contributed by atoms with van der Waals surface area (Å²) in [6.07, 6.45) is 3.08. The SMILES string of the molecule is CN=C(NCCN1c2ccccc2CC1C)NCc1nnc2ccccn12. The summed E-state index contributed by atoms with van der Waals surface area (Å²) in [5, 5.41) is 15.1. The maximum atomic E-state index is 4.31. The Morgan fingerprint density at radius 1 is 1.15 bits per heavy atom. The number of nitrogens with one attached hydrogen (secondary N) is 2. The first-order valence-electron chi connectivity index (χ1n) is 9.34. The maximum absolute atomic E-state index is 4.31. The largest absolute Gasteiger partial charge is 0.367 e. The van der Waals surface area contributed by atoms with Gasteiger partial charge in [0.05, 0.1) is 6.54 Å². The Balaban J connectivity index is 1.31. The van der Waals surface area contributed by atoms with Gasteiger partial charge in [-0.1, -0.05) is 24.3 Å². The van der Waals surface area contributed by atoms with E-state index >= 15 is 0 Å². The first-order chi connectivity index (χ1) is 13.3. The molecule has 0 spiro atoms. The second kappa shape index (κ2) is 7.65. The minimum absolute atomic E-state index is 0.529. The fourth-order valence-electron chi connectivity index (χ4n) is 3.66. The highest BCUT2D eigenvalue weighted by Crippen LogP contribution is 2.31. The van der Waals surface area contributed by atoms with Crippen molar-refractivity contribution in [3.05, 3.63) is 60.0 Å². The molecule has 0 fully saturated rings. The number of hydrogen-bond acceptors (Lipinski definition) is 4. The molecule has 3 heterocycles. The van der Waals surface area contributed by atoms with Crippen molar-refractivity contribution in [1.29, 1.82) is 0 Å². The Bertz CT molecular complexity index is 946. The van der Waals surface area contributed by atoms with Gasteiger partial charge in [-0.05, 0) is 37.1 Å². The van der Waals surface area contributed by atoms with Crippen molar-refractivity contribution >= 4 is 17.3 Å². The fourth-order valence-corrected chi connectivity index (χ4v) is 3.66. The predicted molar refractivity (Wildman–Crippen MR) is 108 cm³/mol. The van der Waals surface area contributed by atoms with Gasteiger partial charge in [0.2, 0.25) is 0 Å². The number of nitrogens with zero attached hydrogens (tertiary/aromatic N) is 5. The number of benzene rings is 1. The minimum atomic E-state index is 0.529. The Morgan fingerprint density at radius 2 is 2.00 bits per heavy atom. The van der Waals surface area contributed by atoms with Gasteiger partial charge in [-0.15, -0.1) is 10.2 Å². The molecule has 1 aliphatic heterocycles. The lowest BCUT2D eigenvalue weighted by Crippen LogP contribution is -2.42. The van der Waals surface area contributed by atoms with E-state index in [-0.39, 0.29) is 0 Å². The molecule has 0 saturated heterocycles. The number of aliphatic imine (C=N–C) groups is 1. The third-order valence-electron chi connectivity index (χ3n) is 5.02. The van der Waals surface area contributed by atoms with E-state index in [1.807, 2.05) is 28.8 Å². The predicted octanol–water partition coefficient (Wildman–Crippen LogP) is 1.85. The van der Waals surface area contributed by atoms with Crippen LogP contribution in [0.15, 0.2) is 53.7 Å². The van der Waals surface area contributed by atoms with Crippen LogP contribution in [-0.4, -0.2) is 46.7 Å². The molecule has 2 N–H and O–H groups in total. The summed E-state index contributed by atoms with van der Waals surface area (Å²) in [6.45, 7) is 4.60. The topological polar surface area (TPSA) is 69.8 Å². The van der Waals surface area contributed by atoms with Crippen molar-refractivity contribution in [3.8, 4) is 0 Å². The molecule has 1 atom stereocenters. The van der Waals surface area contributed by atoms with Crippen molar-refractivity contribution in [2.75, 3.05) is 25.0 Å². The Labute approximate surface area is 159 Å². The second-order valence-electron chi connectivity index (χ2n) is 6.77. The zero-order valence-electron chi connectivity index (χ0n) is 15.8. The summed E-state index contributed by atoms with van der Waals surface area (Å²) in [4.78, 5) is 6.77. The molecule has 0 aliphatic carbocycles. The van der Waals surface area contributed by atoms with Gasteiger partial charge in [0.25, 0.3) is 0 Å². The minimum Gasteiger partial charge on any atom is -0.367 e. The second-order valence-corrected chi connectivity index (χ2v) is 6.77.